The number of halogens is 3. The van der Waals surface area contributed by atoms with Gasteiger partial charge in [-0.15, -0.1) is 0 Å². The van der Waals surface area contributed by atoms with Crippen LogP contribution in [-0.4, -0.2) is 12.3 Å². The van der Waals surface area contributed by atoms with Crippen LogP contribution in [0.1, 0.15) is 18.4 Å². The molecule has 0 unspecified atom stereocenters. The Kier molecular flexibility index (Phi) is 3.69. The second kappa shape index (κ2) is 5.80. The molecule has 1 fully saturated rings. The van der Waals surface area contributed by atoms with Gasteiger partial charge in [-0.2, -0.15) is 13.2 Å². The van der Waals surface area contributed by atoms with Gasteiger partial charge >= 0.3 is 12.3 Å². The second-order valence-electron chi connectivity index (χ2n) is 6.36. The van der Waals surface area contributed by atoms with Crippen LogP contribution in [0, 0.1) is 17.8 Å². The number of amides is 1. The normalized spacial score (nSPS) is 21.7. The molecular formula is C20H14F3NO2. The Morgan fingerprint density at radius 2 is 1.81 bits per heavy atom. The zero-order valence-corrected chi connectivity index (χ0v) is 13.6. The van der Waals surface area contributed by atoms with E-state index in [2.05, 4.69) is 17.2 Å². The topological polar surface area (TPSA) is 38.3 Å². The molecule has 1 saturated carbocycles. The molecule has 0 aromatic heterocycles. The molecule has 3 nitrogen and oxygen atoms in total. The number of benzene rings is 2. The molecule has 2 aliphatic rings. The van der Waals surface area contributed by atoms with E-state index in [1.165, 1.54) is 12.1 Å². The molecule has 1 aliphatic carbocycles. The first-order chi connectivity index (χ1) is 12.4. The summed E-state index contributed by atoms with van der Waals surface area (Å²) in [6.07, 6.45) is -4.49. The Hall–Kier alpha value is -2.94. The molecule has 2 aromatic carbocycles. The molecule has 2 aromatic rings. The smallest absolute Gasteiger partial charge is 0.415 e. The zero-order valence-electron chi connectivity index (χ0n) is 13.6. The second-order valence-corrected chi connectivity index (χ2v) is 6.36. The van der Waals surface area contributed by atoms with Crippen molar-refractivity contribution in [3.05, 3.63) is 54.1 Å². The van der Waals surface area contributed by atoms with Gasteiger partial charge < -0.3 is 4.74 Å². The maximum Gasteiger partial charge on any atom is 0.445 e. The largest absolute Gasteiger partial charge is 0.445 e. The van der Waals surface area contributed by atoms with Crippen molar-refractivity contribution >= 4 is 11.8 Å². The van der Waals surface area contributed by atoms with E-state index >= 15 is 0 Å². The molecule has 1 atom stereocenters. The molecular weight excluding hydrogens is 343 g/mol. The van der Waals surface area contributed by atoms with E-state index in [1.54, 1.807) is 30.3 Å². The summed E-state index contributed by atoms with van der Waals surface area (Å²) >= 11 is 0. The van der Waals surface area contributed by atoms with Crippen LogP contribution in [0.2, 0.25) is 0 Å². The predicted octanol–water partition coefficient (Wildman–Crippen LogP) is 5.09. The quantitative estimate of drug-likeness (QED) is 0.722. The van der Waals surface area contributed by atoms with Gasteiger partial charge in [-0.05, 0) is 42.0 Å². The van der Waals surface area contributed by atoms with E-state index in [0.29, 0.717) is 5.56 Å². The Bertz CT molecular complexity index is 924. The summed E-state index contributed by atoms with van der Waals surface area (Å²) in [6, 6.07) is 13.5. The van der Waals surface area contributed by atoms with E-state index in [-0.39, 0.29) is 17.2 Å². The van der Waals surface area contributed by atoms with Gasteiger partial charge in [0.25, 0.3) is 5.60 Å². The van der Waals surface area contributed by atoms with E-state index < -0.39 is 17.9 Å². The third-order valence-electron chi connectivity index (χ3n) is 4.42. The Morgan fingerprint density at radius 1 is 1.08 bits per heavy atom. The standard InChI is InChI=1S/C20H14F3NO2/c21-20(22,23)19(11-10-13-6-7-13)16-12-15(14-4-2-1-3-5-14)8-9-17(16)24-18(25)26-19/h1-5,8-9,12-13H,6-7H2,(H,24,25)/t19-/m1/s1. The molecule has 0 spiro atoms. The summed E-state index contributed by atoms with van der Waals surface area (Å²) in [5, 5.41) is 2.34. The van der Waals surface area contributed by atoms with Crippen LogP contribution in [0.25, 0.3) is 11.1 Å². The number of carbonyl (C=O) groups excluding carboxylic acids is 1. The fourth-order valence-corrected chi connectivity index (χ4v) is 2.89. The van der Waals surface area contributed by atoms with Crippen molar-refractivity contribution in [2.24, 2.45) is 5.92 Å². The molecule has 1 amide bonds. The molecule has 0 radical (unpaired) electrons. The van der Waals surface area contributed by atoms with Gasteiger partial charge in [0.15, 0.2) is 0 Å². The summed E-state index contributed by atoms with van der Waals surface area (Å²) in [6.45, 7) is 0. The monoisotopic (exact) mass is 357 g/mol. The lowest BCUT2D eigenvalue weighted by molar-refractivity contribution is -0.239. The summed E-state index contributed by atoms with van der Waals surface area (Å²) in [7, 11) is 0. The number of cyclic esters (lactones) is 1. The lowest BCUT2D eigenvalue weighted by Crippen LogP contribution is -2.49. The number of rotatable bonds is 1. The minimum Gasteiger partial charge on any atom is -0.415 e. The summed E-state index contributed by atoms with van der Waals surface area (Å²) < 4.78 is 46.9. The number of fused-ring (bicyclic) bond motifs is 1. The van der Waals surface area contributed by atoms with Gasteiger partial charge in [-0.1, -0.05) is 42.3 Å². The molecule has 0 saturated heterocycles. The number of hydrogen-bond donors (Lipinski definition) is 1. The van der Waals surface area contributed by atoms with Crippen molar-refractivity contribution in [1.29, 1.82) is 0 Å². The molecule has 1 heterocycles. The first-order valence-corrected chi connectivity index (χ1v) is 8.18. The van der Waals surface area contributed by atoms with Crippen molar-refractivity contribution in [2.45, 2.75) is 24.6 Å². The third kappa shape index (κ3) is 2.80. The molecule has 1 N–H and O–H groups in total. The van der Waals surface area contributed by atoms with Crippen molar-refractivity contribution in [3.63, 3.8) is 0 Å². The van der Waals surface area contributed by atoms with Crippen LogP contribution < -0.4 is 5.32 Å². The molecule has 1 aliphatic heterocycles. The van der Waals surface area contributed by atoms with Gasteiger partial charge in [-0.25, -0.2) is 4.79 Å². The van der Waals surface area contributed by atoms with Crippen LogP contribution in [0.5, 0.6) is 0 Å². The average molecular weight is 357 g/mol. The van der Waals surface area contributed by atoms with Crippen LogP contribution in [0.15, 0.2) is 48.5 Å². The highest BCUT2D eigenvalue weighted by molar-refractivity contribution is 5.90. The molecule has 0 bridgehead atoms. The predicted molar refractivity (Wildman–Crippen MR) is 90.2 cm³/mol. The Labute approximate surface area is 148 Å². The van der Waals surface area contributed by atoms with E-state index in [9.17, 15) is 18.0 Å². The highest BCUT2D eigenvalue weighted by Gasteiger charge is 2.62. The number of carbonyl (C=O) groups is 1. The van der Waals surface area contributed by atoms with Gasteiger partial charge in [0.1, 0.15) is 0 Å². The first kappa shape index (κ1) is 16.5. The molecule has 132 valence electrons. The van der Waals surface area contributed by atoms with Crippen LogP contribution in [-0.2, 0) is 10.3 Å². The number of alkyl halides is 3. The van der Waals surface area contributed by atoms with Gasteiger partial charge in [-0.3, -0.25) is 5.32 Å². The molecule has 6 heteroatoms. The lowest BCUT2D eigenvalue weighted by atomic mass is 9.87. The van der Waals surface area contributed by atoms with Crippen LogP contribution in [0.4, 0.5) is 23.7 Å². The van der Waals surface area contributed by atoms with E-state index in [4.69, 9.17) is 4.74 Å². The highest BCUT2D eigenvalue weighted by Crippen LogP contribution is 2.48. The number of hydrogen-bond acceptors (Lipinski definition) is 2. The van der Waals surface area contributed by atoms with Gasteiger partial charge in [0, 0.05) is 11.5 Å². The highest BCUT2D eigenvalue weighted by atomic mass is 19.4. The maximum atomic E-state index is 14.0. The molecule has 4 rings (SSSR count). The van der Waals surface area contributed by atoms with Gasteiger partial charge in [0.05, 0.1) is 5.69 Å². The first-order valence-electron chi connectivity index (χ1n) is 8.18. The van der Waals surface area contributed by atoms with E-state index in [0.717, 1.165) is 18.4 Å². The fraction of sp³-hybridized carbons (Fsp3) is 0.250. The minimum absolute atomic E-state index is 0.0587. The Morgan fingerprint density at radius 3 is 2.46 bits per heavy atom. The SMILES string of the molecule is O=C1Nc2ccc(-c3ccccc3)cc2[C@](C#CC2CC2)(C(F)(F)F)O1. The fourth-order valence-electron chi connectivity index (χ4n) is 2.89. The van der Waals surface area contributed by atoms with Gasteiger partial charge in [0.2, 0.25) is 0 Å². The number of ether oxygens (including phenoxy) is 1. The Balaban J connectivity index is 1.92. The maximum absolute atomic E-state index is 14.0. The summed E-state index contributed by atoms with van der Waals surface area (Å²) in [5.41, 5.74) is -1.75. The zero-order chi connectivity index (χ0) is 18.4. The number of nitrogens with one attached hydrogen (secondary N) is 1. The van der Waals surface area contributed by atoms with Crippen molar-refractivity contribution < 1.29 is 22.7 Å². The average Bonchev–Trinajstić information content (AvgIpc) is 3.43. The summed E-state index contributed by atoms with van der Waals surface area (Å²) in [4.78, 5) is 11.8. The minimum atomic E-state index is -4.86. The molecule has 26 heavy (non-hydrogen) atoms. The lowest BCUT2D eigenvalue weighted by Gasteiger charge is -2.36. The van der Waals surface area contributed by atoms with Crippen molar-refractivity contribution in [1.82, 2.24) is 0 Å². The summed E-state index contributed by atoms with van der Waals surface area (Å²) in [5.74, 6) is 4.80. The van der Waals surface area contributed by atoms with Crippen molar-refractivity contribution in [2.75, 3.05) is 5.32 Å². The van der Waals surface area contributed by atoms with E-state index in [1.807, 2.05) is 6.07 Å². The number of anilines is 1. The van der Waals surface area contributed by atoms with Crippen molar-refractivity contribution in [3.8, 4) is 23.0 Å². The van der Waals surface area contributed by atoms with Crippen LogP contribution >= 0.6 is 0 Å². The van der Waals surface area contributed by atoms with Crippen LogP contribution in [0.3, 0.4) is 0 Å². The third-order valence-corrected chi connectivity index (χ3v) is 4.42.